The van der Waals surface area contributed by atoms with E-state index in [4.69, 9.17) is 10.8 Å². The van der Waals surface area contributed by atoms with E-state index in [1.165, 1.54) is 0 Å². The Balaban J connectivity index is 3.36. The fraction of sp³-hybridized carbons (Fsp3) is 0.250. The topological polar surface area (TPSA) is 66.5 Å². The van der Waals surface area contributed by atoms with Crippen LogP contribution in [0.4, 0.5) is 8.78 Å². The zero-order valence-corrected chi connectivity index (χ0v) is 8.55. The van der Waals surface area contributed by atoms with E-state index in [9.17, 15) is 13.9 Å². The van der Waals surface area contributed by atoms with Crippen molar-refractivity contribution in [3.05, 3.63) is 27.7 Å². The van der Waals surface area contributed by atoms with E-state index >= 15 is 0 Å². The number of nitrogens with two attached hydrogens (primary N) is 1. The van der Waals surface area contributed by atoms with E-state index < -0.39 is 30.0 Å². The van der Waals surface area contributed by atoms with Crippen molar-refractivity contribution >= 4 is 15.9 Å². The maximum Gasteiger partial charge on any atom is 0.144 e. The van der Waals surface area contributed by atoms with Crippen LogP contribution in [0, 0.1) is 11.6 Å². The molecular formula is C8H8BrF2NO2. The predicted octanol–water partition coefficient (Wildman–Crippen LogP) is 1.42. The van der Waals surface area contributed by atoms with Gasteiger partial charge in [0.25, 0.3) is 0 Å². The highest BCUT2D eigenvalue weighted by molar-refractivity contribution is 9.10. The predicted molar refractivity (Wildman–Crippen MR) is 49.7 cm³/mol. The first kappa shape index (κ1) is 11.4. The number of aromatic hydroxyl groups is 1. The monoisotopic (exact) mass is 267 g/mol. The summed E-state index contributed by atoms with van der Waals surface area (Å²) in [5.41, 5.74) is 5.02. The first-order valence-corrected chi connectivity index (χ1v) is 4.51. The Kier molecular flexibility index (Phi) is 3.41. The summed E-state index contributed by atoms with van der Waals surface area (Å²) in [6.45, 7) is -0.539. The molecule has 0 aliphatic carbocycles. The number of benzene rings is 1. The molecule has 1 aromatic rings. The van der Waals surface area contributed by atoms with Gasteiger partial charge in [0, 0.05) is 11.6 Å². The van der Waals surface area contributed by atoms with Crippen LogP contribution in [0.1, 0.15) is 11.6 Å². The minimum Gasteiger partial charge on any atom is -0.506 e. The molecule has 3 nitrogen and oxygen atoms in total. The summed E-state index contributed by atoms with van der Waals surface area (Å²) in [5.74, 6) is -2.53. The number of hydrogen-bond acceptors (Lipinski definition) is 3. The average Bonchev–Trinajstić information content (AvgIpc) is 2.14. The lowest BCUT2D eigenvalue weighted by atomic mass is 10.1. The summed E-state index contributed by atoms with van der Waals surface area (Å²) in [5, 5.41) is 18.0. The molecule has 0 unspecified atom stereocenters. The minimum atomic E-state index is -1.08. The Morgan fingerprint density at radius 2 is 2.00 bits per heavy atom. The Bertz CT molecular complexity index is 360. The van der Waals surface area contributed by atoms with Crippen molar-refractivity contribution < 1.29 is 19.0 Å². The van der Waals surface area contributed by atoms with Crippen molar-refractivity contribution in [3.8, 4) is 5.75 Å². The van der Waals surface area contributed by atoms with Gasteiger partial charge < -0.3 is 15.9 Å². The standard InChI is InChI=1S/C8H8BrF2NO2/c9-7-4(11)1-3(10)6(8(7)14)5(12)2-13/h1,5,13-14H,2,12H2/t5-/m0/s1. The van der Waals surface area contributed by atoms with Gasteiger partial charge in [0.1, 0.15) is 17.4 Å². The van der Waals surface area contributed by atoms with E-state index in [2.05, 4.69) is 15.9 Å². The molecule has 0 fully saturated rings. The highest BCUT2D eigenvalue weighted by atomic mass is 79.9. The Morgan fingerprint density at radius 1 is 1.43 bits per heavy atom. The molecule has 78 valence electrons. The van der Waals surface area contributed by atoms with E-state index in [1.54, 1.807) is 0 Å². The maximum absolute atomic E-state index is 13.1. The molecule has 0 aliphatic heterocycles. The third kappa shape index (κ3) is 1.87. The second-order valence-corrected chi connectivity index (χ2v) is 3.50. The van der Waals surface area contributed by atoms with Gasteiger partial charge in [0.05, 0.1) is 17.1 Å². The summed E-state index contributed by atoms with van der Waals surface area (Å²) >= 11 is 2.73. The fourth-order valence-corrected chi connectivity index (χ4v) is 1.37. The van der Waals surface area contributed by atoms with E-state index in [-0.39, 0.29) is 10.0 Å². The lowest BCUT2D eigenvalue weighted by Gasteiger charge is -2.13. The van der Waals surface area contributed by atoms with E-state index in [0.717, 1.165) is 0 Å². The molecule has 0 spiro atoms. The Labute approximate surface area is 87.3 Å². The summed E-state index contributed by atoms with van der Waals surface area (Å²) in [7, 11) is 0. The van der Waals surface area contributed by atoms with Gasteiger partial charge >= 0.3 is 0 Å². The molecule has 0 radical (unpaired) electrons. The number of aliphatic hydroxyl groups is 1. The Morgan fingerprint density at radius 3 is 2.50 bits per heavy atom. The second kappa shape index (κ2) is 4.20. The SMILES string of the molecule is N[C@@H](CO)c1c(F)cc(F)c(Br)c1O. The molecule has 14 heavy (non-hydrogen) atoms. The average molecular weight is 268 g/mol. The molecule has 0 heterocycles. The van der Waals surface area contributed by atoms with Crippen molar-refractivity contribution in [1.29, 1.82) is 0 Å². The number of rotatable bonds is 2. The van der Waals surface area contributed by atoms with Gasteiger partial charge in [-0.1, -0.05) is 0 Å². The smallest absolute Gasteiger partial charge is 0.144 e. The first-order chi connectivity index (χ1) is 6.49. The van der Waals surface area contributed by atoms with Crippen LogP contribution in [0.15, 0.2) is 10.5 Å². The zero-order valence-electron chi connectivity index (χ0n) is 6.97. The summed E-state index contributed by atoms with van der Waals surface area (Å²) in [6.07, 6.45) is 0. The molecule has 0 aromatic heterocycles. The normalized spacial score (nSPS) is 12.9. The van der Waals surface area contributed by atoms with E-state index in [1.807, 2.05) is 0 Å². The van der Waals surface area contributed by atoms with Crippen LogP contribution in [-0.4, -0.2) is 16.8 Å². The number of halogens is 3. The van der Waals surface area contributed by atoms with Gasteiger partial charge in [-0.3, -0.25) is 0 Å². The van der Waals surface area contributed by atoms with Crippen LogP contribution in [0.3, 0.4) is 0 Å². The molecule has 6 heteroatoms. The number of phenolic OH excluding ortho intramolecular Hbond substituents is 1. The van der Waals surface area contributed by atoms with E-state index in [0.29, 0.717) is 6.07 Å². The third-order valence-electron chi connectivity index (χ3n) is 1.75. The van der Waals surface area contributed by atoms with Crippen molar-refractivity contribution in [2.45, 2.75) is 6.04 Å². The van der Waals surface area contributed by atoms with Crippen LogP contribution in [0.25, 0.3) is 0 Å². The van der Waals surface area contributed by atoms with Crippen molar-refractivity contribution in [1.82, 2.24) is 0 Å². The van der Waals surface area contributed by atoms with Crippen LogP contribution >= 0.6 is 15.9 Å². The van der Waals surface area contributed by atoms with Crippen LogP contribution in [0.5, 0.6) is 5.75 Å². The number of aliphatic hydroxyl groups excluding tert-OH is 1. The largest absolute Gasteiger partial charge is 0.506 e. The van der Waals surface area contributed by atoms with Gasteiger partial charge in [-0.2, -0.15) is 0 Å². The number of hydrogen-bond donors (Lipinski definition) is 3. The molecule has 0 saturated heterocycles. The van der Waals surface area contributed by atoms with Gasteiger partial charge in [0.15, 0.2) is 0 Å². The molecule has 1 aromatic carbocycles. The number of phenols is 1. The molecule has 0 saturated carbocycles. The highest BCUT2D eigenvalue weighted by Gasteiger charge is 2.20. The highest BCUT2D eigenvalue weighted by Crippen LogP contribution is 2.35. The molecular weight excluding hydrogens is 260 g/mol. The van der Waals surface area contributed by atoms with Gasteiger partial charge in [-0.05, 0) is 15.9 Å². The van der Waals surface area contributed by atoms with Crippen LogP contribution in [-0.2, 0) is 0 Å². The van der Waals surface area contributed by atoms with Crippen molar-refractivity contribution in [2.75, 3.05) is 6.61 Å². The zero-order chi connectivity index (χ0) is 10.9. The third-order valence-corrected chi connectivity index (χ3v) is 2.51. The molecule has 0 bridgehead atoms. The fourth-order valence-electron chi connectivity index (χ4n) is 1.04. The van der Waals surface area contributed by atoms with Crippen LogP contribution in [0.2, 0.25) is 0 Å². The Hall–Kier alpha value is -0.720. The molecule has 1 atom stereocenters. The molecule has 0 aliphatic rings. The molecule has 0 amide bonds. The quantitative estimate of drug-likeness (QED) is 0.711. The molecule has 4 N–H and O–H groups in total. The van der Waals surface area contributed by atoms with Gasteiger partial charge in [0.2, 0.25) is 0 Å². The first-order valence-electron chi connectivity index (χ1n) is 3.71. The van der Waals surface area contributed by atoms with Crippen LogP contribution < -0.4 is 5.73 Å². The maximum atomic E-state index is 13.1. The summed E-state index contributed by atoms with van der Waals surface area (Å²) in [4.78, 5) is 0. The second-order valence-electron chi connectivity index (χ2n) is 2.71. The van der Waals surface area contributed by atoms with Gasteiger partial charge in [-0.25, -0.2) is 8.78 Å². The summed E-state index contributed by atoms with van der Waals surface area (Å²) in [6, 6.07) is -0.485. The minimum absolute atomic E-state index is 0.266. The van der Waals surface area contributed by atoms with Crippen molar-refractivity contribution in [3.63, 3.8) is 0 Å². The lowest BCUT2D eigenvalue weighted by molar-refractivity contribution is 0.261. The van der Waals surface area contributed by atoms with Crippen molar-refractivity contribution in [2.24, 2.45) is 5.73 Å². The summed E-state index contributed by atoms with van der Waals surface area (Å²) < 4.78 is 25.7. The molecule has 1 rings (SSSR count). The lowest BCUT2D eigenvalue weighted by Crippen LogP contribution is -2.16. The van der Waals surface area contributed by atoms with Gasteiger partial charge in [-0.15, -0.1) is 0 Å².